The van der Waals surface area contributed by atoms with Crippen molar-refractivity contribution in [1.29, 1.82) is 0 Å². The number of likely N-dealkylation sites (N-methyl/N-ethyl adjacent to an activating group) is 1. The molecule has 3 N–H and O–H groups in total. The molecule has 0 bridgehead atoms. The summed E-state index contributed by atoms with van der Waals surface area (Å²) in [5.41, 5.74) is 0.774. The lowest BCUT2D eigenvalue weighted by molar-refractivity contribution is -0.124. The van der Waals surface area contributed by atoms with Crippen LogP contribution in [0.15, 0.2) is 42.7 Å². The molecule has 1 aliphatic rings. The number of aromatic amines is 1. The van der Waals surface area contributed by atoms with Crippen LogP contribution >= 0.6 is 0 Å². The molecule has 7 nitrogen and oxygen atoms in total. The van der Waals surface area contributed by atoms with Crippen molar-refractivity contribution in [2.75, 3.05) is 13.1 Å². The molecule has 2 atom stereocenters. The van der Waals surface area contributed by atoms with Crippen molar-refractivity contribution in [2.45, 2.75) is 25.4 Å². The van der Waals surface area contributed by atoms with E-state index >= 15 is 0 Å². The highest BCUT2D eigenvalue weighted by Gasteiger charge is 2.40. The summed E-state index contributed by atoms with van der Waals surface area (Å²) in [4.78, 5) is 41.8. The van der Waals surface area contributed by atoms with Gasteiger partial charge in [0, 0.05) is 37.1 Å². The second-order valence-electron chi connectivity index (χ2n) is 6.38. The average molecular weight is 372 g/mol. The highest BCUT2D eigenvalue weighted by molar-refractivity contribution is 5.98. The van der Waals surface area contributed by atoms with Crippen molar-refractivity contribution in [3.8, 4) is 0 Å². The molecule has 2 aromatic rings. The first-order chi connectivity index (χ1) is 13.0. The zero-order valence-electron chi connectivity index (χ0n) is 14.9. The van der Waals surface area contributed by atoms with Gasteiger partial charge in [0.2, 0.25) is 5.91 Å². The Labute approximate surface area is 155 Å². The molecule has 1 aromatic heterocycles. The summed E-state index contributed by atoms with van der Waals surface area (Å²) in [5, 5.41) is 5.56. The standard InChI is InChI=1S/C19H21FN4O3/c1-2-22-18(26)16-9-15(11-24(16)19(27)13-7-8-21-10-13)23-17(25)12-3-5-14(20)6-4-12/h3-8,10,15-16,21H,2,9,11H2,1H3,(H,22,26)(H,23,25). The second-order valence-corrected chi connectivity index (χ2v) is 6.38. The first kappa shape index (κ1) is 18.6. The van der Waals surface area contributed by atoms with Crippen molar-refractivity contribution < 1.29 is 18.8 Å². The molecule has 0 aliphatic carbocycles. The number of likely N-dealkylation sites (tertiary alicyclic amines) is 1. The number of hydrogen-bond donors (Lipinski definition) is 3. The van der Waals surface area contributed by atoms with E-state index in [1.165, 1.54) is 29.2 Å². The molecule has 0 saturated carbocycles. The Kier molecular flexibility index (Phi) is 5.54. The van der Waals surface area contributed by atoms with Crippen LogP contribution in [0.4, 0.5) is 4.39 Å². The van der Waals surface area contributed by atoms with E-state index in [2.05, 4.69) is 15.6 Å². The molecule has 3 rings (SSSR count). The van der Waals surface area contributed by atoms with Crippen LogP contribution in [0.25, 0.3) is 0 Å². The number of H-pyrrole nitrogens is 1. The number of nitrogens with one attached hydrogen (secondary N) is 3. The molecule has 142 valence electrons. The number of benzene rings is 1. The lowest BCUT2D eigenvalue weighted by Gasteiger charge is -2.23. The van der Waals surface area contributed by atoms with E-state index in [4.69, 9.17) is 0 Å². The van der Waals surface area contributed by atoms with Crippen molar-refractivity contribution >= 4 is 17.7 Å². The summed E-state index contributed by atoms with van der Waals surface area (Å²) in [6, 6.07) is 5.81. The van der Waals surface area contributed by atoms with Gasteiger partial charge in [-0.25, -0.2) is 4.39 Å². The fraction of sp³-hybridized carbons (Fsp3) is 0.316. The van der Waals surface area contributed by atoms with Crippen LogP contribution < -0.4 is 10.6 Å². The number of carbonyl (C=O) groups is 3. The van der Waals surface area contributed by atoms with Crippen LogP contribution in [0.1, 0.15) is 34.1 Å². The van der Waals surface area contributed by atoms with Gasteiger partial charge in [0.25, 0.3) is 11.8 Å². The summed E-state index contributed by atoms with van der Waals surface area (Å²) in [6.45, 7) is 2.48. The fourth-order valence-corrected chi connectivity index (χ4v) is 3.20. The van der Waals surface area contributed by atoms with E-state index in [1.54, 1.807) is 25.4 Å². The molecular weight excluding hydrogens is 351 g/mol. The van der Waals surface area contributed by atoms with Gasteiger partial charge in [0.15, 0.2) is 0 Å². The predicted molar refractivity (Wildman–Crippen MR) is 96.6 cm³/mol. The number of rotatable bonds is 5. The Hall–Kier alpha value is -3.16. The monoisotopic (exact) mass is 372 g/mol. The Balaban J connectivity index is 1.73. The first-order valence-electron chi connectivity index (χ1n) is 8.77. The van der Waals surface area contributed by atoms with Crippen LogP contribution in [0.3, 0.4) is 0 Å². The van der Waals surface area contributed by atoms with Gasteiger partial charge in [-0.15, -0.1) is 0 Å². The van der Waals surface area contributed by atoms with Gasteiger partial charge in [0.1, 0.15) is 11.9 Å². The Morgan fingerprint density at radius 3 is 2.56 bits per heavy atom. The third-order valence-electron chi connectivity index (χ3n) is 4.50. The van der Waals surface area contributed by atoms with Gasteiger partial charge in [-0.1, -0.05) is 0 Å². The van der Waals surface area contributed by atoms with E-state index in [-0.39, 0.29) is 30.3 Å². The van der Waals surface area contributed by atoms with Gasteiger partial charge in [-0.2, -0.15) is 0 Å². The summed E-state index contributed by atoms with van der Waals surface area (Å²) >= 11 is 0. The summed E-state index contributed by atoms with van der Waals surface area (Å²) in [7, 11) is 0. The largest absolute Gasteiger partial charge is 0.367 e. The van der Waals surface area contributed by atoms with Crippen molar-refractivity contribution in [3.05, 3.63) is 59.7 Å². The topological polar surface area (TPSA) is 94.3 Å². The first-order valence-corrected chi connectivity index (χ1v) is 8.77. The average Bonchev–Trinajstić information content (AvgIpc) is 3.32. The predicted octanol–water partition coefficient (Wildman–Crippen LogP) is 1.30. The maximum Gasteiger partial charge on any atom is 0.256 e. The van der Waals surface area contributed by atoms with E-state index < -0.39 is 11.9 Å². The number of carbonyl (C=O) groups excluding carboxylic acids is 3. The van der Waals surface area contributed by atoms with Crippen molar-refractivity contribution in [1.82, 2.24) is 20.5 Å². The van der Waals surface area contributed by atoms with Crippen LogP contribution in [0.2, 0.25) is 0 Å². The molecule has 1 fully saturated rings. The van der Waals surface area contributed by atoms with Gasteiger partial charge >= 0.3 is 0 Å². The Morgan fingerprint density at radius 2 is 1.93 bits per heavy atom. The third-order valence-corrected chi connectivity index (χ3v) is 4.50. The zero-order chi connectivity index (χ0) is 19.4. The third kappa shape index (κ3) is 4.16. The van der Waals surface area contributed by atoms with E-state index in [0.29, 0.717) is 24.1 Å². The molecule has 1 saturated heterocycles. The smallest absolute Gasteiger partial charge is 0.256 e. The molecule has 2 heterocycles. The minimum atomic E-state index is -0.661. The van der Waals surface area contributed by atoms with Gasteiger partial charge in [-0.3, -0.25) is 14.4 Å². The van der Waals surface area contributed by atoms with E-state index in [9.17, 15) is 18.8 Å². The van der Waals surface area contributed by atoms with E-state index in [0.717, 1.165) is 0 Å². The normalized spacial score (nSPS) is 19.0. The Morgan fingerprint density at radius 1 is 1.19 bits per heavy atom. The molecule has 1 aliphatic heterocycles. The van der Waals surface area contributed by atoms with Crippen molar-refractivity contribution in [2.24, 2.45) is 0 Å². The highest BCUT2D eigenvalue weighted by atomic mass is 19.1. The fourth-order valence-electron chi connectivity index (χ4n) is 3.20. The number of halogens is 1. The lowest BCUT2D eigenvalue weighted by Crippen LogP contribution is -2.45. The molecule has 27 heavy (non-hydrogen) atoms. The number of hydrogen-bond acceptors (Lipinski definition) is 3. The lowest BCUT2D eigenvalue weighted by atomic mass is 10.1. The summed E-state index contributed by atoms with van der Waals surface area (Å²) in [6.07, 6.45) is 3.52. The number of amides is 3. The molecule has 3 amide bonds. The number of aromatic nitrogens is 1. The number of nitrogens with zero attached hydrogens (tertiary/aromatic N) is 1. The van der Waals surface area contributed by atoms with Crippen LogP contribution in [-0.4, -0.2) is 52.8 Å². The summed E-state index contributed by atoms with van der Waals surface area (Å²) in [5.74, 6) is -1.32. The zero-order valence-corrected chi connectivity index (χ0v) is 14.9. The van der Waals surface area contributed by atoms with Gasteiger partial charge < -0.3 is 20.5 Å². The summed E-state index contributed by atoms with van der Waals surface area (Å²) < 4.78 is 13.0. The van der Waals surface area contributed by atoms with Gasteiger partial charge in [-0.05, 0) is 43.7 Å². The molecule has 0 radical (unpaired) electrons. The molecule has 2 unspecified atom stereocenters. The minimum Gasteiger partial charge on any atom is -0.367 e. The van der Waals surface area contributed by atoms with Crippen LogP contribution in [0, 0.1) is 5.82 Å². The molecule has 0 spiro atoms. The highest BCUT2D eigenvalue weighted by Crippen LogP contribution is 2.21. The maximum absolute atomic E-state index is 13.0. The van der Waals surface area contributed by atoms with E-state index in [1.807, 2.05) is 0 Å². The van der Waals surface area contributed by atoms with Crippen molar-refractivity contribution in [3.63, 3.8) is 0 Å². The molecule has 8 heteroatoms. The second kappa shape index (κ2) is 8.03. The van der Waals surface area contributed by atoms with Crippen LogP contribution in [0.5, 0.6) is 0 Å². The molecular formula is C19H21FN4O3. The van der Waals surface area contributed by atoms with Crippen LogP contribution in [-0.2, 0) is 4.79 Å². The van der Waals surface area contributed by atoms with Gasteiger partial charge in [0.05, 0.1) is 5.56 Å². The quantitative estimate of drug-likeness (QED) is 0.738. The SMILES string of the molecule is CCNC(=O)C1CC(NC(=O)c2ccc(F)cc2)CN1C(=O)c1cc[nH]c1. The minimum absolute atomic E-state index is 0.221. The Bertz CT molecular complexity index is 820. The molecule has 1 aromatic carbocycles. The maximum atomic E-state index is 13.0.